The van der Waals surface area contributed by atoms with Gasteiger partial charge in [0.2, 0.25) is 17.7 Å². The van der Waals surface area contributed by atoms with Crippen molar-refractivity contribution in [2.24, 2.45) is 5.92 Å². The maximum Gasteiger partial charge on any atom is 0.228 e. The number of hydrogen-bond acceptors (Lipinski definition) is 4. The van der Waals surface area contributed by atoms with Crippen molar-refractivity contribution in [1.82, 2.24) is 14.7 Å². The molecule has 2 aliphatic heterocycles. The van der Waals surface area contributed by atoms with Crippen molar-refractivity contribution in [3.8, 4) is 0 Å². The number of carbonyl (C=O) groups excluding carboxylic acids is 3. The average Bonchev–Trinajstić information content (AvgIpc) is 2.79. The van der Waals surface area contributed by atoms with Gasteiger partial charge >= 0.3 is 0 Å². The van der Waals surface area contributed by atoms with E-state index in [9.17, 15) is 14.4 Å². The normalized spacial score (nSPS) is 22.2. The molecular formula is C17H29N3O4. The van der Waals surface area contributed by atoms with Gasteiger partial charge < -0.3 is 19.4 Å². The van der Waals surface area contributed by atoms with E-state index < -0.39 is 0 Å². The Morgan fingerprint density at radius 1 is 1.17 bits per heavy atom. The smallest absolute Gasteiger partial charge is 0.228 e. The SMILES string of the molecule is COCCC(=O)N1CCCN(C(=O)C2CC(=O)N(C(C)C)C2)CC1. The molecule has 0 radical (unpaired) electrons. The molecule has 2 rings (SSSR count). The molecule has 0 N–H and O–H groups in total. The summed E-state index contributed by atoms with van der Waals surface area (Å²) in [5, 5.41) is 0. The Bertz CT molecular complexity index is 480. The molecule has 2 saturated heterocycles. The predicted octanol–water partition coefficient (Wildman–Crippen LogP) is 0.341. The van der Waals surface area contributed by atoms with Gasteiger partial charge in [0.25, 0.3) is 0 Å². The van der Waals surface area contributed by atoms with Crippen LogP contribution in [0.15, 0.2) is 0 Å². The van der Waals surface area contributed by atoms with E-state index in [4.69, 9.17) is 4.74 Å². The minimum atomic E-state index is -0.240. The summed E-state index contributed by atoms with van der Waals surface area (Å²) in [5.41, 5.74) is 0. The van der Waals surface area contributed by atoms with Crippen LogP contribution in [0, 0.1) is 5.92 Å². The maximum atomic E-state index is 12.7. The third-order valence-electron chi connectivity index (χ3n) is 4.81. The molecule has 0 spiro atoms. The second-order valence-corrected chi connectivity index (χ2v) is 6.84. The lowest BCUT2D eigenvalue weighted by atomic mass is 10.1. The molecule has 0 aromatic rings. The Morgan fingerprint density at radius 2 is 1.83 bits per heavy atom. The number of ether oxygens (including phenoxy) is 1. The number of amides is 3. The molecule has 0 saturated carbocycles. The largest absolute Gasteiger partial charge is 0.384 e. The molecule has 136 valence electrons. The standard InChI is InChI=1S/C17H29N3O4/c1-13(2)20-12-14(11-16(20)22)17(23)19-7-4-6-18(8-9-19)15(21)5-10-24-3/h13-14H,4-12H2,1-3H3. The first kappa shape index (κ1) is 18.7. The van der Waals surface area contributed by atoms with Crippen LogP contribution in [0.25, 0.3) is 0 Å². The summed E-state index contributed by atoms with van der Waals surface area (Å²) in [7, 11) is 1.58. The summed E-state index contributed by atoms with van der Waals surface area (Å²) in [6.45, 7) is 7.32. The van der Waals surface area contributed by atoms with E-state index in [1.54, 1.807) is 12.0 Å². The Labute approximate surface area is 143 Å². The van der Waals surface area contributed by atoms with Crippen molar-refractivity contribution in [1.29, 1.82) is 0 Å². The summed E-state index contributed by atoms with van der Waals surface area (Å²) in [5.74, 6) is -0.0453. The van der Waals surface area contributed by atoms with Crippen LogP contribution >= 0.6 is 0 Å². The van der Waals surface area contributed by atoms with Crippen LogP contribution in [-0.2, 0) is 19.1 Å². The van der Waals surface area contributed by atoms with E-state index in [-0.39, 0.29) is 29.7 Å². The van der Waals surface area contributed by atoms with Gasteiger partial charge in [0.1, 0.15) is 0 Å². The molecule has 7 heteroatoms. The van der Waals surface area contributed by atoms with Crippen LogP contribution in [0.2, 0.25) is 0 Å². The number of carbonyl (C=O) groups is 3. The van der Waals surface area contributed by atoms with Crippen LogP contribution in [0.5, 0.6) is 0 Å². The molecule has 0 aromatic heterocycles. The second kappa shape index (κ2) is 8.46. The highest BCUT2D eigenvalue weighted by Crippen LogP contribution is 2.22. The van der Waals surface area contributed by atoms with Gasteiger partial charge in [-0.2, -0.15) is 0 Å². The number of hydrogen-bond donors (Lipinski definition) is 0. The molecule has 0 bridgehead atoms. The molecule has 2 aliphatic rings. The van der Waals surface area contributed by atoms with Gasteiger partial charge in [-0.15, -0.1) is 0 Å². The highest BCUT2D eigenvalue weighted by atomic mass is 16.5. The molecule has 3 amide bonds. The third kappa shape index (κ3) is 4.47. The first-order valence-electron chi connectivity index (χ1n) is 8.79. The first-order chi connectivity index (χ1) is 11.4. The average molecular weight is 339 g/mol. The quantitative estimate of drug-likeness (QED) is 0.724. The summed E-state index contributed by atoms with van der Waals surface area (Å²) < 4.78 is 4.95. The first-order valence-corrected chi connectivity index (χ1v) is 8.79. The molecule has 24 heavy (non-hydrogen) atoms. The van der Waals surface area contributed by atoms with Gasteiger partial charge in [0.15, 0.2) is 0 Å². The Kier molecular flexibility index (Phi) is 6.60. The van der Waals surface area contributed by atoms with Gasteiger partial charge in [0, 0.05) is 52.3 Å². The Balaban J connectivity index is 1.88. The van der Waals surface area contributed by atoms with E-state index in [0.29, 0.717) is 52.2 Å². The van der Waals surface area contributed by atoms with Crippen molar-refractivity contribution >= 4 is 17.7 Å². The number of nitrogens with zero attached hydrogens (tertiary/aromatic N) is 3. The van der Waals surface area contributed by atoms with Gasteiger partial charge in [-0.25, -0.2) is 0 Å². The molecule has 7 nitrogen and oxygen atoms in total. The summed E-state index contributed by atoms with van der Waals surface area (Å²) >= 11 is 0. The second-order valence-electron chi connectivity index (χ2n) is 6.84. The maximum absolute atomic E-state index is 12.7. The van der Waals surface area contributed by atoms with Gasteiger partial charge in [-0.05, 0) is 20.3 Å². The summed E-state index contributed by atoms with van der Waals surface area (Å²) in [4.78, 5) is 42.3. The van der Waals surface area contributed by atoms with E-state index in [2.05, 4.69) is 0 Å². The fourth-order valence-corrected chi connectivity index (χ4v) is 3.39. The lowest BCUT2D eigenvalue weighted by Gasteiger charge is -2.25. The van der Waals surface area contributed by atoms with Crippen molar-refractivity contribution in [2.75, 3.05) is 46.4 Å². The zero-order valence-corrected chi connectivity index (χ0v) is 15.0. The summed E-state index contributed by atoms with van der Waals surface area (Å²) in [6, 6.07) is 0.133. The van der Waals surface area contributed by atoms with Crippen LogP contribution in [-0.4, -0.2) is 84.9 Å². The highest BCUT2D eigenvalue weighted by molar-refractivity contribution is 5.89. The van der Waals surface area contributed by atoms with Gasteiger partial charge in [-0.3, -0.25) is 14.4 Å². The van der Waals surface area contributed by atoms with Crippen molar-refractivity contribution in [3.63, 3.8) is 0 Å². The Morgan fingerprint density at radius 3 is 2.46 bits per heavy atom. The van der Waals surface area contributed by atoms with Crippen LogP contribution in [0.3, 0.4) is 0 Å². The van der Waals surface area contributed by atoms with Crippen LogP contribution in [0.4, 0.5) is 0 Å². The zero-order valence-electron chi connectivity index (χ0n) is 15.0. The molecule has 1 atom stereocenters. The fraction of sp³-hybridized carbons (Fsp3) is 0.824. The molecule has 1 unspecified atom stereocenters. The minimum absolute atomic E-state index is 0.0534. The molecule has 0 aliphatic carbocycles. The number of likely N-dealkylation sites (tertiary alicyclic amines) is 1. The predicted molar refractivity (Wildman–Crippen MR) is 89.2 cm³/mol. The van der Waals surface area contributed by atoms with Gasteiger partial charge in [-0.1, -0.05) is 0 Å². The number of rotatable bonds is 5. The molecular weight excluding hydrogens is 310 g/mol. The molecule has 2 fully saturated rings. The third-order valence-corrected chi connectivity index (χ3v) is 4.81. The molecule has 0 aromatic carbocycles. The van der Waals surface area contributed by atoms with Crippen molar-refractivity contribution in [3.05, 3.63) is 0 Å². The van der Waals surface area contributed by atoms with E-state index >= 15 is 0 Å². The van der Waals surface area contributed by atoms with E-state index in [1.807, 2.05) is 23.6 Å². The zero-order chi connectivity index (χ0) is 17.7. The van der Waals surface area contributed by atoms with Crippen molar-refractivity contribution in [2.45, 2.75) is 39.2 Å². The Hall–Kier alpha value is -1.63. The number of methoxy groups -OCH3 is 1. The lowest BCUT2D eigenvalue weighted by Crippen LogP contribution is -2.41. The van der Waals surface area contributed by atoms with E-state index in [1.165, 1.54) is 0 Å². The lowest BCUT2D eigenvalue weighted by molar-refractivity contribution is -0.136. The van der Waals surface area contributed by atoms with Crippen molar-refractivity contribution < 1.29 is 19.1 Å². The monoisotopic (exact) mass is 339 g/mol. The molecule has 2 heterocycles. The minimum Gasteiger partial charge on any atom is -0.384 e. The van der Waals surface area contributed by atoms with E-state index in [0.717, 1.165) is 6.42 Å². The summed E-state index contributed by atoms with van der Waals surface area (Å²) in [6.07, 6.45) is 1.47. The van der Waals surface area contributed by atoms with Crippen LogP contribution < -0.4 is 0 Å². The van der Waals surface area contributed by atoms with Crippen LogP contribution in [0.1, 0.15) is 33.1 Å². The topological polar surface area (TPSA) is 70.2 Å². The fourth-order valence-electron chi connectivity index (χ4n) is 3.39. The van der Waals surface area contributed by atoms with Gasteiger partial charge in [0.05, 0.1) is 18.9 Å². The highest BCUT2D eigenvalue weighted by Gasteiger charge is 2.37.